The molecule has 1 heterocycles. The number of hydrogen-bond acceptors (Lipinski definition) is 7. The maximum Gasteiger partial charge on any atom is 0.315 e. The van der Waals surface area contributed by atoms with Crippen LogP contribution >= 0.6 is 0 Å². The summed E-state index contributed by atoms with van der Waals surface area (Å²) in [6.07, 6.45) is 5.52. The summed E-state index contributed by atoms with van der Waals surface area (Å²) in [5, 5.41) is 37.2. The van der Waals surface area contributed by atoms with Crippen molar-refractivity contribution in [2.45, 2.75) is 88.7 Å². The van der Waals surface area contributed by atoms with Crippen molar-refractivity contribution >= 4 is 6.03 Å². The average molecular weight is 746 g/mol. The van der Waals surface area contributed by atoms with Crippen molar-refractivity contribution in [2.75, 3.05) is 20.1 Å². The first-order chi connectivity index (χ1) is 26.6. The van der Waals surface area contributed by atoms with E-state index in [1.807, 2.05) is 49.5 Å². The van der Waals surface area contributed by atoms with Gasteiger partial charge in [-0.3, -0.25) is 0 Å². The Kier molecular flexibility index (Phi) is 11.0. The Bertz CT molecular complexity index is 1900. The highest BCUT2D eigenvalue weighted by Crippen LogP contribution is 2.55. The molecule has 9 nitrogen and oxygen atoms in total. The van der Waals surface area contributed by atoms with E-state index in [0.717, 1.165) is 70.4 Å². The molecule has 0 unspecified atom stereocenters. The molecule has 0 radical (unpaired) electrons. The summed E-state index contributed by atoms with van der Waals surface area (Å²) in [5.74, 6) is 2.43. The Morgan fingerprint density at radius 3 is 2.22 bits per heavy atom. The van der Waals surface area contributed by atoms with Gasteiger partial charge in [0.15, 0.2) is 6.29 Å². The first-order valence-corrected chi connectivity index (χ1v) is 20.0. The molecule has 5 aliphatic rings. The first-order valence-electron chi connectivity index (χ1n) is 20.0. The Morgan fingerprint density at radius 2 is 1.55 bits per heavy atom. The average Bonchev–Trinajstić information content (AvgIpc) is 3.17. The lowest BCUT2D eigenvalue weighted by atomic mass is 9.53. The molecular formula is C46H55N3O6. The number of aliphatic hydroxyl groups is 2. The van der Waals surface area contributed by atoms with Crippen LogP contribution in [0.3, 0.4) is 0 Å². The van der Waals surface area contributed by atoms with Crippen molar-refractivity contribution in [3.63, 3.8) is 0 Å². The van der Waals surface area contributed by atoms with Crippen LogP contribution in [0.15, 0.2) is 97.1 Å². The number of phenolic OH excluding ortho intramolecular Hbond substituents is 1. The third-order valence-electron chi connectivity index (χ3n) is 12.7. The van der Waals surface area contributed by atoms with Crippen LogP contribution in [0.5, 0.6) is 5.75 Å². The van der Waals surface area contributed by atoms with Gasteiger partial charge in [0.05, 0.1) is 24.9 Å². The molecule has 4 saturated carbocycles. The fourth-order valence-corrected chi connectivity index (χ4v) is 10.3. The minimum absolute atomic E-state index is 0.0182. The second kappa shape index (κ2) is 16.1. The SMILES string of the molecule is C[C@@H]1[C@H](CN(C)C[C@@H](O)c2cccc(O)c2)O[C@H](c2ccc(-c3ccccc3CNC(=O)NC34CC5CC(CC(C5)C3)C4)cc2)O[C@@H]1c1ccc(CO)cc1. The number of carbonyl (C=O) groups excluding carboxylic acids is 1. The van der Waals surface area contributed by atoms with Crippen LogP contribution in [-0.4, -0.2) is 58.0 Å². The summed E-state index contributed by atoms with van der Waals surface area (Å²) < 4.78 is 13.4. The summed E-state index contributed by atoms with van der Waals surface area (Å²) in [6, 6.07) is 31.1. The molecule has 2 amide bonds. The molecule has 4 aliphatic carbocycles. The number of rotatable bonds is 12. The standard InChI is InChI=1S/C46H55N3O6/c1-29-42(27-49(2)26-41(52)37-7-5-8-39(51)21-37)54-44(55-43(29)35-12-10-30(28-50)11-13-35)36-16-14-34(15-17-36)40-9-4-3-6-38(40)25-47-45(53)48-46-22-31-18-32(23-46)20-33(19-31)24-46/h3-17,21,29,31-33,41-44,50-52H,18-20,22-28H2,1-2H3,(H2,47,48,53)/t29-,31?,32?,33?,41-,42+,43+,44+,46?/m1/s1. The maximum absolute atomic E-state index is 13.3. The number of carbonyl (C=O) groups is 1. The Labute approximate surface area is 324 Å². The second-order valence-electron chi connectivity index (χ2n) is 16.9. The first kappa shape index (κ1) is 37.7. The number of amides is 2. The van der Waals surface area contributed by atoms with E-state index >= 15 is 0 Å². The van der Waals surface area contributed by atoms with E-state index in [2.05, 4.69) is 58.9 Å². The van der Waals surface area contributed by atoms with Gasteiger partial charge in [-0.1, -0.05) is 91.9 Å². The van der Waals surface area contributed by atoms with E-state index in [0.29, 0.717) is 25.2 Å². The Balaban J connectivity index is 0.957. The number of phenols is 1. The molecule has 0 spiro atoms. The van der Waals surface area contributed by atoms with Gasteiger partial charge < -0.3 is 40.3 Å². The summed E-state index contributed by atoms with van der Waals surface area (Å²) in [7, 11) is 1.96. The van der Waals surface area contributed by atoms with Crippen LogP contribution in [-0.2, 0) is 22.6 Å². The number of hydrogen-bond donors (Lipinski definition) is 5. The van der Waals surface area contributed by atoms with Gasteiger partial charge in [0.25, 0.3) is 0 Å². The van der Waals surface area contributed by atoms with Gasteiger partial charge in [0.1, 0.15) is 5.75 Å². The maximum atomic E-state index is 13.3. The summed E-state index contributed by atoms with van der Waals surface area (Å²) in [4.78, 5) is 15.3. The number of aromatic hydroxyl groups is 1. The topological polar surface area (TPSA) is 124 Å². The van der Waals surface area contributed by atoms with Crippen LogP contribution < -0.4 is 10.6 Å². The van der Waals surface area contributed by atoms with Crippen molar-refractivity contribution in [2.24, 2.45) is 23.7 Å². The van der Waals surface area contributed by atoms with Gasteiger partial charge in [0, 0.05) is 36.7 Å². The summed E-state index contributed by atoms with van der Waals surface area (Å²) >= 11 is 0. The molecule has 290 valence electrons. The zero-order valence-corrected chi connectivity index (χ0v) is 31.9. The van der Waals surface area contributed by atoms with E-state index < -0.39 is 12.4 Å². The number of likely N-dealkylation sites (N-methyl/N-ethyl adjacent to an activating group) is 1. The second-order valence-corrected chi connectivity index (χ2v) is 16.9. The van der Waals surface area contributed by atoms with Gasteiger partial charge >= 0.3 is 6.03 Å². The summed E-state index contributed by atoms with van der Waals surface area (Å²) in [5.41, 5.74) is 6.53. The highest BCUT2D eigenvalue weighted by atomic mass is 16.7. The molecule has 4 bridgehead atoms. The molecule has 1 saturated heterocycles. The normalized spacial score (nSPS) is 28.9. The zero-order valence-electron chi connectivity index (χ0n) is 31.9. The quantitative estimate of drug-likeness (QED) is 0.100. The van der Waals surface area contributed by atoms with Gasteiger partial charge in [-0.2, -0.15) is 0 Å². The third-order valence-corrected chi connectivity index (χ3v) is 12.7. The van der Waals surface area contributed by atoms with Gasteiger partial charge in [-0.25, -0.2) is 4.79 Å². The molecule has 4 aromatic carbocycles. The molecule has 4 aromatic rings. The van der Waals surface area contributed by atoms with Crippen molar-refractivity contribution in [1.29, 1.82) is 0 Å². The molecule has 5 atom stereocenters. The lowest BCUT2D eigenvalue weighted by molar-refractivity contribution is -0.276. The van der Waals surface area contributed by atoms with Crippen molar-refractivity contribution in [3.05, 3.63) is 125 Å². The van der Waals surface area contributed by atoms with Crippen LogP contribution in [0.4, 0.5) is 4.79 Å². The number of ether oxygens (including phenoxy) is 2. The lowest BCUT2D eigenvalue weighted by Gasteiger charge is -2.56. The lowest BCUT2D eigenvalue weighted by Crippen LogP contribution is -2.61. The zero-order chi connectivity index (χ0) is 38.1. The Hall–Kier alpha value is -4.25. The third kappa shape index (κ3) is 8.47. The molecule has 5 N–H and O–H groups in total. The van der Waals surface area contributed by atoms with Crippen LogP contribution in [0.1, 0.15) is 91.8 Å². The predicted octanol–water partition coefficient (Wildman–Crippen LogP) is 7.78. The highest BCUT2D eigenvalue weighted by molar-refractivity contribution is 5.76. The van der Waals surface area contributed by atoms with Crippen LogP contribution in [0.25, 0.3) is 11.1 Å². The van der Waals surface area contributed by atoms with Gasteiger partial charge in [-0.05, 0) is 109 Å². The molecule has 1 aliphatic heterocycles. The minimum Gasteiger partial charge on any atom is -0.508 e. The van der Waals surface area contributed by atoms with E-state index in [1.165, 1.54) is 19.3 Å². The molecule has 55 heavy (non-hydrogen) atoms. The molecule has 9 rings (SSSR count). The fraction of sp³-hybridized carbons (Fsp3) is 0.457. The van der Waals surface area contributed by atoms with E-state index in [1.54, 1.807) is 18.2 Å². The predicted molar refractivity (Wildman–Crippen MR) is 212 cm³/mol. The van der Waals surface area contributed by atoms with Gasteiger partial charge in [0.2, 0.25) is 0 Å². The van der Waals surface area contributed by atoms with Crippen LogP contribution in [0.2, 0.25) is 0 Å². The number of nitrogens with one attached hydrogen (secondary N) is 2. The molecule has 9 heteroatoms. The van der Waals surface area contributed by atoms with E-state index in [-0.39, 0.29) is 42.1 Å². The minimum atomic E-state index is -0.772. The summed E-state index contributed by atoms with van der Waals surface area (Å²) in [6.45, 7) is 3.46. The number of benzene rings is 4. The number of aliphatic hydroxyl groups excluding tert-OH is 2. The number of urea groups is 1. The van der Waals surface area contributed by atoms with Crippen LogP contribution in [0, 0.1) is 23.7 Å². The van der Waals surface area contributed by atoms with Crippen molar-refractivity contribution in [3.8, 4) is 16.9 Å². The fourth-order valence-electron chi connectivity index (χ4n) is 10.3. The highest BCUT2D eigenvalue weighted by Gasteiger charge is 2.51. The van der Waals surface area contributed by atoms with Gasteiger partial charge in [-0.15, -0.1) is 0 Å². The largest absolute Gasteiger partial charge is 0.508 e. The van der Waals surface area contributed by atoms with Crippen molar-refractivity contribution < 1.29 is 29.6 Å². The van der Waals surface area contributed by atoms with E-state index in [4.69, 9.17) is 9.47 Å². The Morgan fingerprint density at radius 1 is 0.873 bits per heavy atom. The molecule has 5 fully saturated rings. The molecule has 0 aromatic heterocycles. The smallest absolute Gasteiger partial charge is 0.315 e. The molecular weight excluding hydrogens is 691 g/mol. The number of nitrogens with zero attached hydrogens (tertiary/aromatic N) is 1. The monoisotopic (exact) mass is 745 g/mol. The van der Waals surface area contributed by atoms with E-state index in [9.17, 15) is 20.1 Å². The van der Waals surface area contributed by atoms with Crippen molar-refractivity contribution in [1.82, 2.24) is 15.5 Å².